The van der Waals surface area contributed by atoms with E-state index < -0.39 is 51.4 Å². The van der Waals surface area contributed by atoms with Gasteiger partial charge in [0, 0.05) is 6.07 Å². The fourth-order valence-electron chi connectivity index (χ4n) is 4.02. The summed E-state index contributed by atoms with van der Waals surface area (Å²) in [7, 11) is 0. The molecule has 0 radical (unpaired) electrons. The number of para-hydroxylation sites is 2. The Hall–Kier alpha value is -4.46. The highest BCUT2D eigenvalue weighted by Crippen LogP contribution is 2.42. The Morgan fingerprint density at radius 2 is 1.09 bits per heavy atom. The third-order valence-corrected chi connectivity index (χ3v) is 5.44. The molecule has 5 rings (SSSR count). The Kier molecular flexibility index (Phi) is 4.70. The van der Waals surface area contributed by atoms with Crippen LogP contribution in [0.1, 0.15) is 22.6 Å². The molecule has 2 aromatic heterocycles. The predicted molar refractivity (Wildman–Crippen MR) is 116 cm³/mol. The van der Waals surface area contributed by atoms with E-state index in [-0.39, 0.29) is 27.5 Å². The van der Waals surface area contributed by atoms with Crippen molar-refractivity contribution in [2.45, 2.75) is 5.92 Å². The summed E-state index contributed by atoms with van der Waals surface area (Å²) in [4.78, 5) is 25.9. The summed E-state index contributed by atoms with van der Waals surface area (Å²) in [5.41, 5.74) is -3.11. The second-order valence-electron chi connectivity index (χ2n) is 7.43. The van der Waals surface area contributed by atoms with Crippen molar-refractivity contribution in [2.75, 3.05) is 0 Å². The van der Waals surface area contributed by atoms with E-state index >= 15 is 0 Å². The summed E-state index contributed by atoms with van der Waals surface area (Å²) in [6.45, 7) is 0. The minimum absolute atomic E-state index is 0.0719. The standard InChI is InChI=1S/C25H14F2O6/c26-13-9-12(10-14(27)11-13)19(20-22(28)15-5-1-3-7-17(15)32-24(20)30)21-23(29)16-6-2-4-8-18(16)33-25(21)31/h1-11,19,28-29H. The molecule has 2 heterocycles. The minimum Gasteiger partial charge on any atom is -0.507 e. The molecule has 0 saturated heterocycles. The number of hydrogen-bond acceptors (Lipinski definition) is 6. The predicted octanol–water partition coefficient (Wildman–Crippen LogP) is 4.77. The number of halogens is 2. The summed E-state index contributed by atoms with van der Waals surface area (Å²) in [5, 5.41) is 22.3. The van der Waals surface area contributed by atoms with Crippen molar-refractivity contribution >= 4 is 21.9 Å². The largest absolute Gasteiger partial charge is 0.507 e. The van der Waals surface area contributed by atoms with Crippen LogP contribution in [0.5, 0.6) is 11.5 Å². The molecule has 0 aliphatic rings. The van der Waals surface area contributed by atoms with Gasteiger partial charge in [-0.1, -0.05) is 24.3 Å². The Balaban J connectivity index is 1.93. The first-order chi connectivity index (χ1) is 15.8. The SMILES string of the molecule is O=c1oc2ccccc2c(O)c1C(c1cc(F)cc(F)c1)c1c(O)c2ccccc2oc1=O. The highest BCUT2D eigenvalue weighted by molar-refractivity contribution is 5.86. The van der Waals surface area contributed by atoms with Crippen molar-refractivity contribution in [3.8, 4) is 11.5 Å². The Morgan fingerprint density at radius 1 is 0.667 bits per heavy atom. The highest BCUT2D eigenvalue weighted by Gasteiger charge is 2.33. The zero-order valence-corrected chi connectivity index (χ0v) is 16.7. The Bertz CT molecular complexity index is 1550. The molecule has 0 fully saturated rings. The molecule has 0 spiro atoms. The van der Waals surface area contributed by atoms with E-state index in [0.29, 0.717) is 6.07 Å². The van der Waals surface area contributed by atoms with Crippen LogP contribution in [0.15, 0.2) is 85.2 Å². The second kappa shape index (κ2) is 7.59. The lowest BCUT2D eigenvalue weighted by Gasteiger charge is -2.20. The molecule has 5 aromatic rings. The summed E-state index contributed by atoms with van der Waals surface area (Å²) < 4.78 is 38.9. The van der Waals surface area contributed by atoms with Gasteiger partial charge in [0.05, 0.1) is 27.8 Å². The molecular weight excluding hydrogens is 434 g/mol. The molecule has 33 heavy (non-hydrogen) atoms. The molecular formula is C25H14F2O6. The summed E-state index contributed by atoms with van der Waals surface area (Å²) in [5.74, 6) is -4.67. The fourth-order valence-corrected chi connectivity index (χ4v) is 4.02. The van der Waals surface area contributed by atoms with E-state index in [1.807, 2.05) is 0 Å². The van der Waals surface area contributed by atoms with Crippen molar-refractivity contribution in [3.63, 3.8) is 0 Å². The van der Waals surface area contributed by atoms with E-state index in [0.717, 1.165) is 12.1 Å². The van der Waals surface area contributed by atoms with Gasteiger partial charge in [-0.05, 0) is 42.0 Å². The fraction of sp³-hybridized carbons (Fsp3) is 0.0400. The number of rotatable bonds is 3. The van der Waals surface area contributed by atoms with Crippen LogP contribution in [-0.4, -0.2) is 10.2 Å². The lowest BCUT2D eigenvalue weighted by Crippen LogP contribution is -2.21. The Morgan fingerprint density at radius 3 is 1.55 bits per heavy atom. The third-order valence-electron chi connectivity index (χ3n) is 5.44. The molecule has 0 aliphatic heterocycles. The van der Waals surface area contributed by atoms with E-state index in [9.17, 15) is 28.6 Å². The van der Waals surface area contributed by atoms with E-state index in [1.54, 1.807) is 24.3 Å². The van der Waals surface area contributed by atoms with Gasteiger partial charge in [-0.2, -0.15) is 0 Å². The third kappa shape index (κ3) is 3.32. The molecule has 0 bridgehead atoms. The molecule has 0 amide bonds. The maximum Gasteiger partial charge on any atom is 0.344 e. The summed E-state index contributed by atoms with van der Waals surface area (Å²) in [6, 6.07) is 14.6. The van der Waals surface area contributed by atoms with Crippen LogP contribution < -0.4 is 11.3 Å². The normalized spacial score (nSPS) is 11.5. The minimum atomic E-state index is -1.60. The van der Waals surface area contributed by atoms with Crippen LogP contribution in [0.25, 0.3) is 21.9 Å². The van der Waals surface area contributed by atoms with Crippen LogP contribution in [0.4, 0.5) is 8.78 Å². The molecule has 8 heteroatoms. The maximum absolute atomic E-state index is 14.2. The van der Waals surface area contributed by atoms with Crippen LogP contribution in [0, 0.1) is 11.6 Å². The quantitative estimate of drug-likeness (QED) is 0.386. The molecule has 6 nitrogen and oxygen atoms in total. The van der Waals surface area contributed by atoms with Gasteiger partial charge in [-0.15, -0.1) is 0 Å². The number of hydrogen-bond donors (Lipinski definition) is 2. The van der Waals surface area contributed by atoms with E-state index in [2.05, 4.69) is 0 Å². The lowest BCUT2D eigenvalue weighted by molar-refractivity contribution is 0.441. The van der Waals surface area contributed by atoms with E-state index in [4.69, 9.17) is 8.83 Å². The summed E-state index contributed by atoms with van der Waals surface area (Å²) >= 11 is 0. The highest BCUT2D eigenvalue weighted by atomic mass is 19.1. The van der Waals surface area contributed by atoms with Gasteiger partial charge in [-0.3, -0.25) is 0 Å². The smallest absolute Gasteiger partial charge is 0.344 e. The number of aromatic hydroxyl groups is 2. The van der Waals surface area contributed by atoms with Gasteiger partial charge in [0.1, 0.15) is 34.3 Å². The number of fused-ring (bicyclic) bond motifs is 2. The zero-order valence-electron chi connectivity index (χ0n) is 16.7. The van der Waals surface area contributed by atoms with Gasteiger partial charge < -0.3 is 19.0 Å². The van der Waals surface area contributed by atoms with Crippen molar-refractivity contribution in [2.24, 2.45) is 0 Å². The van der Waals surface area contributed by atoms with Crippen LogP contribution in [0.3, 0.4) is 0 Å². The zero-order chi connectivity index (χ0) is 23.3. The monoisotopic (exact) mass is 448 g/mol. The van der Waals surface area contributed by atoms with Crippen molar-refractivity contribution < 1.29 is 27.8 Å². The van der Waals surface area contributed by atoms with Gasteiger partial charge in [-0.25, -0.2) is 18.4 Å². The van der Waals surface area contributed by atoms with Crippen LogP contribution in [-0.2, 0) is 0 Å². The average molecular weight is 448 g/mol. The van der Waals surface area contributed by atoms with Crippen molar-refractivity contribution in [3.05, 3.63) is 116 Å². The van der Waals surface area contributed by atoms with Gasteiger partial charge >= 0.3 is 11.3 Å². The lowest BCUT2D eigenvalue weighted by atomic mass is 9.84. The molecule has 2 N–H and O–H groups in total. The maximum atomic E-state index is 14.2. The van der Waals surface area contributed by atoms with Gasteiger partial charge in [0.15, 0.2) is 0 Å². The van der Waals surface area contributed by atoms with E-state index in [1.165, 1.54) is 24.3 Å². The first kappa shape index (κ1) is 20.4. The second-order valence-corrected chi connectivity index (χ2v) is 7.43. The molecule has 0 unspecified atom stereocenters. The molecule has 0 aliphatic carbocycles. The van der Waals surface area contributed by atoms with Gasteiger partial charge in [0.2, 0.25) is 0 Å². The van der Waals surface area contributed by atoms with Crippen LogP contribution >= 0.6 is 0 Å². The summed E-state index contributed by atoms with van der Waals surface area (Å²) in [6.07, 6.45) is 0. The topological polar surface area (TPSA) is 101 Å². The Labute approximate surface area is 183 Å². The first-order valence-corrected chi connectivity index (χ1v) is 9.80. The average Bonchev–Trinajstić information content (AvgIpc) is 2.77. The molecule has 164 valence electrons. The molecule has 0 saturated carbocycles. The molecule has 3 aromatic carbocycles. The van der Waals surface area contributed by atoms with Gasteiger partial charge in [0.25, 0.3) is 0 Å². The van der Waals surface area contributed by atoms with Crippen molar-refractivity contribution in [1.29, 1.82) is 0 Å². The first-order valence-electron chi connectivity index (χ1n) is 9.80. The molecule has 0 atom stereocenters. The van der Waals surface area contributed by atoms with Crippen molar-refractivity contribution in [1.82, 2.24) is 0 Å². The number of benzene rings is 3. The van der Waals surface area contributed by atoms with Crippen LogP contribution in [0.2, 0.25) is 0 Å².